The number of anilines is 1. The summed E-state index contributed by atoms with van der Waals surface area (Å²) in [7, 11) is 3.16. The molecule has 6 nitrogen and oxygen atoms in total. The van der Waals surface area contributed by atoms with Crippen molar-refractivity contribution in [3.63, 3.8) is 0 Å². The lowest BCUT2D eigenvalue weighted by atomic mass is 9.98. The van der Waals surface area contributed by atoms with Gasteiger partial charge in [-0.15, -0.1) is 0 Å². The largest absolute Gasteiger partial charge is 0.497 e. The number of carbonyl (C=O) groups excluding carboxylic acids is 1. The first kappa shape index (κ1) is 20.3. The van der Waals surface area contributed by atoms with Gasteiger partial charge in [-0.05, 0) is 42.2 Å². The van der Waals surface area contributed by atoms with Crippen LogP contribution >= 0.6 is 0 Å². The van der Waals surface area contributed by atoms with E-state index in [1.165, 1.54) is 6.21 Å². The van der Waals surface area contributed by atoms with Gasteiger partial charge in [-0.3, -0.25) is 4.79 Å². The van der Waals surface area contributed by atoms with Crippen molar-refractivity contribution < 1.29 is 19.1 Å². The third kappa shape index (κ3) is 5.48. The summed E-state index contributed by atoms with van der Waals surface area (Å²) >= 11 is 0. The normalized spacial score (nSPS) is 10.9. The molecule has 0 bridgehead atoms. The van der Waals surface area contributed by atoms with E-state index in [9.17, 15) is 4.79 Å². The second-order valence-electron chi connectivity index (χ2n) is 6.36. The summed E-state index contributed by atoms with van der Waals surface area (Å²) in [5.74, 6) is 1.35. The molecule has 6 heteroatoms. The predicted molar refractivity (Wildman–Crippen MR) is 107 cm³/mol. The van der Waals surface area contributed by atoms with Crippen LogP contribution in [0.5, 0.6) is 11.5 Å². The van der Waals surface area contributed by atoms with Gasteiger partial charge in [0.1, 0.15) is 11.5 Å². The molecule has 0 saturated carbocycles. The van der Waals surface area contributed by atoms with Gasteiger partial charge in [-0.2, -0.15) is 0 Å². The fourth-order valence-corrected chi connectivity index (χ4v) is 2.65. The highest BCUT2D eigenvalue weighted by molar-refractivity contribution is 5.93. The molecule has 2 aromatic rings. The van der Waals surface area contributed by atoms with E-state index < -0.39 is 0 Å². The molecule has 27 heavy (non-hydrogen) atoms. The number of benzene rings is 2. The highest BCUT2D eigenvalue weighted by Crippen LogP contribution is 2.27. The molecule has 0 aliphatic carbocycles. The van der Waals surface area contributed by atoms with E-state index in [0.29, 0.717) is 23.0 Å². The lowest BCUT2D eigenvalue weighted by molar-refractivity contribution is -0.120. The Kier molecular flexibility index (Phi) is 7.23. The molecule has 1 amide bonds. The average Bonchev–Trinajstić information content (AvgIpc) is 2.66. The molecule has 0 aliphatic heterocycles. The van der Waals surface area contributed by atoms with Gasteiger partial charge in [0, 0.05) is 11.3 Å². The first-order valence-electron chi connectivity index (χ1n) is 8.73. The van der Waals surface area contributed by atoms with Crippen LogP contribution in [0.3, 0.4) is 0 Å². The van der Waals surface area contributed by atoms with Gasteiger partial charge in [-0.25, -0.2) is 0 Å². The molecular formula is C21H26N2O4. The van der Waals surface area contributed by atoms with Crippen molar-refractivity contribution in [1.29, 1.82) is 0 Å². The molecule has 0 spiro atoms. The number of para-hydroxylation sites is 1. The predicted octanol–water partition coefficient (Wildman–Crippen LogP) is 4.12. The number of carbonyl (C=O) groups is 1. The zero-order valence-corrected chi connectivity index (χ0v) is 16.4. The number of oxime groups is 1. The number of ether oxygens (including phenoxy) is 2. The van der Waals surface area contributed by atoms with Crippen molar-refractivity contribution in [1.82, 2.24) is 0 Å². The quantitative estimate of drug-likeness (QED) is 0.560. The third-order valence-electron chi connectivity index (χ3n) is 4.09. The second kappa shape index (κ2) is 9.62. The van der Waals surface area contributed by atoms with E-state index in [1.807, 2.05) is 25.1 Å². The molecule has 0 fully saturated rings. The summed E-state index contributed by atoms with van der Waals surface area (Å²) in [4.78, 5) is 17.4. The summed E-state index contributed by atoms with van der Waals surface area (Å²) in [6, 6.07) is 11.3. The van der Waals surface area contributed by atoms with Crippen LogP contribution in [0.1, 0.15) is 36.5 Å². The second-order valence-corrected chi connectivity index (χ2v) is 6.36. The maximum atomic E-state index is 12.2. The first-order valence-corrected chi connectivity index (χ1v) is 8.73. The molecule has 0 atom stereocenters. The zero-order chi connectivity index (χ0) is 19.8. The summed E-state index contributed by atoms with van der Waals surface area (Å²) in [5.41, 5.74) is 3.63. The Morgan fingerprint density at radius 2 is 1.96 bits per heavy atom. The maximum absolute atomic E-state index is 12.2. The molecule has 0 aliphatic rings. The van der Waals surface area contributed by atoms with Gasteiger partial charge >= 0.3 is 0 Å². The van der Waals surface area contributed by atoms with Gasteiger partial charge in [0.05, 0.1) is 20.4 Å². The van der Waals surface area contributed by atoms with Crippen LogP contribution in [-0.2, 0) is 9.63 Å². The number of aryl methyl sites for hydroxylation is 1. The number of rotatable bonds is 8. The Balaban J connectivity index is 1.99. The van der Waals surface area contributed by atoms with E-state index in [2.05, 4.69) is 24.3 Å². The number of methoxy groups -OCH3 is 2. The molecular weight excluding hydrogens is 344 g/mol. The van der Waals surface area contributed by atoms with Crippen molar-refractivity contribution in [2.75, 3.05) is 26.1 Å². The minimum Gasteiger partial charge on any atom is -0.497 e. The van der Waals surface area contributed by atoms with Crippen molar-refractivity contribution in [3.05, 3.63) is 53.1 Å². The Bertz CT molecular complexity index is 816. The van der Waals surface area contributed by atoms with Gasteiger partial charge in [0.25, 0.3) is 5.91 Å². The topological polar surface area (TPSA) is 69.1 Å². The maximum Gasteiger partial charge on any atom is 0.265 e. The minimum absolute atomic E-state index is 0.186. The monoisotopic (exact) mass is 370 g/mol. The summed E-state index contributed by atoms with van der Waals surface area (Å²) in [6.07, 6.45) is 1.49. The molecule has 1 N–H and O–H groups in total. The fraction of sp³-hybridized carbons (Fsp3) is 0.333. The van der Waals surface area contributed by atoms with Crippen LogP contribution < -0.4 is 14.8 Å². The van der Waals surface area contributed by atoms with Crippen LogP contribution in [0.25, 0.3) is 0 Å². The van der Waals surface area contributed by atoms with Gasteiger partial charge in [-0.1, -0.05) is 37.2 Å². The molecule has 0 unspecified atom stereocenters. The lowest BCUT2D eigenvalue weighted by Crippen LogP contribution is -2.19. The van der Waals surface area contributed by atoms with Crippen LogP contribution in [0, 0.1) is 6.92 Å². The van der Waals surface area contributed by atoms with E-state index >= 15 is 0 Å². The van der Waals surface area contributed by atoms with Crippen LogP contribution in [0.15, 0.2) is 41.6 Å². The van der Waals surface area contributed by atoms with E-state index in [-0.39, 0.29) is 12.5 Å². The molecule has 2 aromatic carbocycles. The molecule has 144 valence electrons. The standard InChI is InChI=1S/C21H26N2O4/c1-14(2)18-8-6-7-15(3)21(18)23-20(24)13-27-22-12-16-11-17(25-4)9-10-19(16)26-5/h6-12,14H,13H2,1-5H3,(H,23,24)/b22-12-. The smallest absolute Gasteiger partial charge is 0.265 e. The molecule has 0 saturated heterocycles. The lowest BCUT2D eigenvalue weighted by Gasteiger charge is -2.16. The summed E-state index contributed by atoms with van der Waals surface area (Å²) in [5, 5.41) is 6.78. The summed E-state index contributed by atoms with van der Waals surface area (Å²) < 4.78 is 10.5. The van der Waals surface area contributed by atoms with Crippen molar-refractivity contribution >= 4 is 17.8 Å². The van der Waals surface area contributed by atoms with E-state index in [1.54, 1.807) is 32.4 Å². The SMILES string of the molecule is COc1ccc(OC)c(/C=N\OCC(=O)Nc2c(C)cccc2C(C)C)c1. The number of nitrogens with one attached hydrogen (secondary N) is 1. The van der Waals surface area contributed by atoms with Crippen molar-refractivity contribution in [3.8, 4) is 11.5 Å². The molecule has 2 rings (SSSR count). The zero-order valence-electron chi connectivity index (χ0n) is 16.4. The highest BCUT2D eigenvalue weighted by Gasteiger charge is 2.12. The van der Waals surface area contributed by atoms with Crippen LogP contribution in [-0.4, -0.2) is 32.9 Å². The average molecular weight is 370 g/mol. The van der Waals surface area contributed by atoms with E-state index in [0.717, 1.165) is 16.8 Å². The Morgan fingerprint density at radius 1 is 1.19 bits per heavy atom. The van der Waals surface area contributed by atoms with Gasteiger partial charge < -0.3 is 19.6 Å². The highest BCUT2D eigenvalue weighted by atomic mass is 16.6. The molecule has 0 heterocycles. The van der Waals surface area contributed by atoms with Crippen molar-refractivity contribution in [2.45, 2.75) is 26.7 Å². The Labute approximate surface area is 160 Å². The Hall–Kier alpha value is -3.02. The Morgan fingerprint density at radius 3 is 2.63 bits per heavy atom. The number of amides is 1. The van der Waals surface area contributed by atoms with Gasteiger partial charge in [0.15, 0.2) is 6.61 Å². The first-order chi connectivity index (χ1) is 13.0. The molecule has 0 aromatic heterocycles. The molecule has 0 radical (unpaired) electrons. The summed E-state index contributed by atoms with van der Waals surface area (Å²) in [6.45, 7) is 5.96. The third-order valence-corrected chi connectivity index (χ3v) is 4.09. The number of nitrogens with zero attached hydrogens (tertiary/aromatic N) is 1. The number of hydrogen-bond donors (Lipinski definition) is 1. The van der Waals surface area contributed by atoms with Crippen molar-refractivity contribution in [2.24, 2.45) is 5.16 Å². The number of hydrogen-bond acceptors (Lipinski definition) is 5. The van der Waals surface area contributed by atoms with Crippen LogP contribution in [0.2, 0.25) is 0 Å². The fourth-order valence-electron chi connectivity index (χ4n) is 2.65. The van der Waals surface area contributed by atoms with Crippen LogP contribution in [0.4, 0.5) is 5.69 Å². The van der Waals surface area contributed by atoms with E-state index in [4.69, 9.17) is 14.3 Å². The van der Waals surface area contributed by atoms with Gasteiger partial charge in [0.2, 0.25) is 0 Å². The minimum atomic E-state index is -0.263.